The third kappa shape index (κ3) is 1.09. The Labute approximate surface area is 86.5 Å². The van der Waals surface area contributed by atoms with Gasteiger partial charge in [-0.25, -0.2) is 4.39 Å². The number of nitrogen functional groups attached to an aromatic ring is 1. The summed E-state index contributed by atoms with van der Waals surface area (Å²) in [5.74, 6) is -0.233. The molecule has 0 amide bonds. The fourth-order valence-corrected chi connectivity index (χ4v) is 2.77. The molecule has 4 heteroatoms. The fourth-order valence-electron chi connectivity index (χ4n) is 1.09. The molecule has 0 saturated heterocycles. The van der Waals surface area contributed by atoms with Gasteiger partial charge >= 0.3 is 0 Å². The normalized spacial score (nSPS) is 10.8. The second kappa shape index (κ2) is 2.85. The number of halogens is 2. The van der Waals surface area contributed by atoms with Gasteiger partial charge in [-0.1, -0.05) is 0 Å². The van der Waals surface area contributed by atoms with Crippen LogP contribution in [0.5, 0.6) is 0 Å². The molecule has 0 atom stereocenters. The second-order valence-corrected chi connectivity index (χ2v) is 4.42. The Morgan fingerprint density at radius 2 is 2.25 bits per heavy atom. The highest BCUT2D eigenvalue weighted by molar-refractivity contribution is 14.1. The number of hydrogen-bond acceptors (Lipinski definition) is 2. The van der Waals surface area contributed by atoms with E-state index in [-0.39, 0.29) is 5.82 Å². The van der Waals surface area contributed by atoms with Crippen LogP contribution in [0.2, 0.25) is 0 Å². The van der Waals surface area contributed by atoms with Gasteiger partial charge in [-0.05, 0) is 40.1 Å². The first-order valence-corrected chi connectivity index (χ1v) is 5.26. The Kier molecular flexibility index (Phi) is 1.96. The van der Waals surface area contributed by atoms with Crippen molar-refractivity contribution in [3.63, 3.8) is 0 Å². The van der Waals surface area contributed by atoms with Gasteiger partial charge in [0, 0.05) is 11.1 Å². The predicted octanol–water partition coefficient (Wildman–Crippen LogP) is 3.23. The lowest BCUT2D eigenvalue weighted by atomic mass is 10.2. The van der Waals surface area contributed by atoms with Crippen LogP contribution in [0.3, 0.4) is 0 Å². The maximum absolute atomic E-state index is 13.1. The lowest BCUT2D eigenvalue weighted by molar-refractivity contribution is 0.623. The molecule has 0 radical (unpaired) electrons. The number of fused-ring (bicyclic) bond motifs is 1. The molecule has 2 aromatic rings. The molecule has 0 spiro atoms. The molecular weight excluding hydrogens is 288 g/mol. The van der Waals surface area contributed by atoms with Crippen LogP contribution in [-0.4, -0.2) is 0 Å². The van der Waals surface area contributed by atoms with Crippen molar-refractivity contribution >= 4 is 49.7 Å². The highest BCUT2D eigenvalue weighted by Gasteiger charge is 2.08. The van der Waals surface area contributed by atoms with Crippen molar-refractivity contribution < 1.29 is 4.39 Å². The summed E-state index contributed by atoms with van der Waals surface area (Å²) in [7, 11) is 0. The summed E-state index contributed by atoms with van der Waals surface area (Å²) >= 11 is 3.51. The molecule has 0 saturated carbocycles. The summed E-state index contributed by atoms with van der Waals surface area (Å²) in [6.45, 7) is 0. The molecule has 0 aliphatic heterocycles. The number of thiophene rings is 1. The fraction of sp³-hybridized carbons (Fsp3) is 0. The van der Waals surface area contributed by atoms with E-state index in [0.717, 1.165) is 10.1 Å². The summed E-state index contributed by atoms with van der Waals surface area (Å²) in [6.07, 6.45) is 0. The van der Waals surface area contributed by atoms with Crippen molar-refractivity contribution in [2.45, 2.75) is 0 Å². The third-order valence-electron chi connectivity index (χ3n) is 1.67. The number of anilines is 1. The third-order valence-corrected chi connectivity index (χ3v) is 4.02. The molecule has 0 bridgehead atoms. The number of rotatable bonds is 0. The van der Waals surface area contributed by atoms with E-state index < -0.39 is 0 Å². The van der Waals surface area contributed by atoms with E-state index in [0.29, 0.717) is 9.26 Å². The highest BCUT2D eigenvalue weighted by Crippen LogP contribution is 2.32. The molecular formula is C8H5FINS. The van der Waals surface area contributed by atoms with Crippen molar-refractivity contribution in [1.29, 1.82) is 0 Å². The zero-order valence-electron chi connectivity index (χ0n) is 5.97. The van der Waals surface area contributed by atoms with Crippen LogP contribution in [0, 0.1) is 9.39 Å². The van der Waals surface area contributed by atoms with Gasteiger partial charge in [0.1, 0.15) is 5.82 Å². The molecule has 12 heavy (non-hydrogen) atoms. The number of hydrogen-bond donors (Lipinski definition) is 1. The Hall–Kier alpha value is -0.360. The Morgan fingerprint density at radius 1 is 1.50 bits per heavy atom. The van der Waals surface area contributed by atoms with Crippen LogP contribution >= 0.6 is 33.9 Å². The molecule has 0 unspecified atom stereocenters. The van der Waals surface area contributed by atoms with Crippen LogP contribution in [0.4, 0.5) is 10.1 Å². The molecule has 1 nitrogen and oxygen atoms in total. The van der Waals surface area contributed by atoms with Crippen LogP contribution in [0.25, 0.3) is 10.1 Å². The summed E-state index contributed by atoms with van der Waals surface area (Å²) in [5.41, 5.74) is 6.15. The predicted molar refractivity (Wildman–Crippen MR) is 58.9 cm³/mol. The van der Waals surface area contributed by atoms with Gasteiger partial charge in [0.05, 0.1) is 8.27 Å². The molecule has 62 valence electrons. The summed E-state index contributed by atoms with van der Waals surface area (Å²) < 4.78 is 14.7. The molecule has 0 aliphatic rings. The maximum atomic E-state index is 13.1. The first-order valence-electron chi connectivity index (χ1n) is 3.31. The zero-order chi connectivity index (χ0) is 8.72. The van der Waals surface area contributed by atoms with E-state index in [1.54, 1.807) is 0 Å². The topological polar surface area (TPSA) is 26.0 Å². The molecule has 1 heterocycles. The smallest absolute Gasteiger partial charge is 0.140 e. The molecule has 1 aromatic carbocycles. The lowest BCUT2D eigenvalue weighted by Crippen LogP contribution is -1.89. The summed E-state index contributed by atoms with van der Waals surface area (Å²) in [5, 5.41) is 2.87. The van der Waals surface area contributed by atoms with Crippen LogP contribution < -0.4 is 5.73 Å². The summed E-state index contributed by atoms with van der Waals surface area (Å²) in [6, 6.07) is 3.29. The largest absolute Gasteiger partial charge is 0.398 e. The standard InChI is InChI=1S/C8H5FINS/c9-5-3-6(11)4-1-2-12-8(4)7(5)10/h1-3H,11H2. The average Bonchev–Trinajstić information content (AvgIpc) is 2.48. The molecule has 1 aromatic heterocycles. The zero-order valence-corrected chi connectivity index (χ0v) is 8.95. The van der Waals surface area contributed by atoms with Gasteiger partial charge in [-0.15, -0.1) is 11.3 Å². The first-order chi connectivity index (χ1) is 5.70. The molecule has 0 fully saturated rings. The van der Waals surface area contributed by atoms with Crippen LogP contribution in [0.15, 0.2) is 17.5 Å². The minimum Gasteiger partial charge on any atom is -0.398 e. The Balaban J connectivity index is 2.97. The van der Waals surface area contributed by atoms with E-state index in [2.05, 4.69) is 0 Å². The van der Waals surface area contributed by atoms with E-state index in [4.69, 9.17) is 5.73 Å². The Morgan fingerprint density at radius 3 is 3.00 bits per heavy atom. The average molecular weight is 293 g/mol. The number of benzene rings is 1. The van der Waals surface area contributed by atoms with Crippen molar-refractivity contribution in [3.8, 4) is 0 Å². The van der Waals surface area contributed by atoms with E-state index >= 15 is 0 Å². The lowest BCUT2D eigenvalue weighted by Gasteiger charge is -1.99. The van der Waals surface area contributed by atoms with Crippen molar-refractivity contribution in [2.24, 2.45) is 0 Å². The molecule has 2 rings (SSSR count). The van der Waals surface area contributed by atoms with Crippen molar-refractivity contribution in [3.05, 3.63) is 26.9 Å². The van der Waals surface area contributed by atoms with Gasteiger partial charge in [0.25, 0.3) is 0 Å². The minimum atomic E-state index is -0.233. The Bertz CT molecular complexity index is 438. The molecule has 0 aliphatic carbocycles. The first kappa shape index (κ1) is 8.25. The van der Waals surface area contributed by atoms with Crippen LogP contribution in [0.1, 0.15) is 0 Å². The van der Waals surface area contributed by atoms with Crippen molar-refractivity contribution in [1.82, 2.24) is 0 Å². The SMILES string of the molecule is Nc1cc(F)c(I)c2sccc12. The number of nitrogens with two attached hydrogens (primary N) is 1. The van der Waals surface area contributed by atoms with Gasteiger partial charge in [0.15, 0.2) is 0 Å². The van der Waals surface area contributed by atoms with Gasteiger partial charge in [-0.2, -0.15) is 0 Å². The second-order valence-electron chi connectivity index (χ2n) is 2.42. The quantitative estimate of drug-likeness (QED) is 0.586. The summed E-state index contributed by atoms with van der Waals surface area (Å²) in [4.78, 5) is 0. The molecule has 2 N–H and O–H groups in total. The van der Waals surface area contributed by atoms with Crippen LogP contribution in [-0.2, 0) is 0 Å². The van der Waals surface area contributed by atoms with Gasteiger partial charge in [0.2, 0.25) is 0 Å². The maximum Gasteiger partial charge on any atom is 0.140 e. The van der Waals surface area contributed by atoms with E-state index in [1.807, 2.05) is 34.0 Å². The van der Waals surface area contributed by atoms with E-state index in [9.17, 15) is 4.39 Å². The van der Waals surface area contributed by atoms with Crippen molar-refractivity contribution in [2.75, 3.05) is 5.73 Å². The highest BCUT2D eigenvalue weighted by atomic mass is 127. The minimum absolute atomic E-state index is 0.233. The van der Waals surface area contributed by atoms with Gasteiger partial charge in [-0.3, -0.25) is 0 Å². The van der Waals surface area contributed by atoms with E-state index in [1.165, 1.54) is 17.4 Å². The monoisotopic (exact) mass is 293 g/mol. The van der Waals surface area contributed by atoms with Gasteiger partial charge < -0.3 is 5.73 Å².